The van der Waals surface area contributed by atoms with Gasteiger partial charge in [0.1, 0.15) is 11.6 Å². The van der Waals surface area contributed by atoms with Crippen LogP contribution in [-0.4, -0.2) is 10.6 Å². The van der Waals surface area contributed by atoms with E-state index in [4.69, 9.17) is 17.3 Å². The fraction of sp³-hybridized carbons (Fsp3) is 0.538. The van der Waals surface area contributed by atoms with Crippen molar-refractivity contribution < 1.29 is 13.9 Å². The number of rotatable bonds is 4. The summed E-state index contributed by atoms with van der Waals surface area (Å²) in [5.74, 6) is -1.34. The van der Waals surface area contributed by atoms with Gasteiger partial charge in [0.05, 0.1) is 11.7 Å². The van der Waals surface area contributed by atoms with Gasteiger partial charge in [-0.1, -0.05) is 11.6 Å². The molecule has 1 aliphatic rings. The Morgan fingerprint density at radius 1 is 1.44 bits per heavy atom. The molecular weight excluding hydrogens is 260 g/mol. The van der Waals surface area contributed by atoms with Crippen LogP contribution in [0.4, 0.5) is 8.78 Å². The summed E-state index contributed by atoms with van der Waals surface area (Å²) in [5, 5.41) is 9.95. The average molecular weight is 276 g/mol. The molecule has 2 rings (SSSR count). The molecular formula is C13H16ClF2NO. The van der Waals surface area contributed by atoms with Crippen LogP contribution < -0.4 is 5.73 Å². The molecule has 3 N–H and O–H groups in total. The van der Waals surface area contributed by atoms with E-state index in [1.807, 2.05) is 0 Å². The smallest absolute Gasteiger partial charge is 0.133 e. The minimum Gasteiger partial charge on any atom is -0.388 e. The number of hydrogen-bond donors (Lipinski definition) is 2. The largest absolute Gasteiger partial charge is 0.388 e. The van der Waals surface area contributed by atoms with Crippen molar-refractivity contribution in [2.45, 2.75) is 37.8 Å². The van der Waals surface area contributed by atoms with E-state index >= 15 is 0 Å². The predicted octanol–water partition coefficient (Wildman–Crippen LogP) is 3.17. The van der Waals surface area contributed by atoms with Gasteiger partial charge in [0.2, 0.25) is 0 Å². The summed E-state index contributed by atoms with van der Waals surface area (Å²) in [4.78, 5) is 0. The Bertz CT molecular complexity index is 437. The van der Waals surface area contributed by atoms with Crippen molar-refractivity contribution in [1.82, 2.24) is 0 Å². The SMILES string of the molecule is CC(N)(CC(O)c1c(F)cc(Cl)cc1F)C1CC1. The van der Waals surface area contributed by atoms with Gasteiger partial charge in [-0.2, -0.15) is 0 Å². The summed E-state index contributed by atoms with van der Waals surface area (Å²) in [5.41, 5.74) is 5.11. The Labute approximate surface area is 110 Å². The molecule has 18 heavy (non-hydrogen) atoms. The lowest BCUT2D eigenvalue weighted by Crippen LogP contribution is -2.40. The highest BCUT2D eigenvalue weighted by molar-refractivity contribution is 6.30. The van der Waals surface area contributed by atoms with Gasteiger partial charge in [-0.25, -0.2) is 8.78 Å². The summed E-state index contributed by atoms with van der Waals surface area (Å²) < 4.78 is 27.3. The first kappa shape index (κ1) is 13.7. The molecule has 2 unspecified atom stereocenters. The Kier molecular flexibility index (Phi) is 3.63. The lowest BCUT2D eigenvalue weighted by molar-refractivity contribution is 0.123. The highest BCUT2D eigenvalue weighted by Gasteiger charge is 2.40. The van der Waals surface area contributed by atoms with Crippen molar-refractivity contribution in [3.63, 3.8) is 0 Å². The number of aliphatic hydroxyl groups is 1. The van der Waals surface area contributed by atoms with Gasteiger partial charge < -0.3 is 10.8 Å². The third-order valence-electron chi connectivity index (χ3n) is 3.52. The van der Waals surface area contributed by atoms with Crippen LogP contribution in [0.25, 0.3) is 0 Å². The minimum absolute atomic E-state index is 0.0290. The molecule has 5 heteroatoms. The molecule has 1 aromatic carbocycles. The maximum Gasteiger partial charge on any atom is 0.133 e. The second kappa shape index (κ2) is 4.76. The quantitative estimate of drug-likeness (QED) is 0.887. The van der Waals surface area contributed by atoms with Crippen LogP contribution >= 0.6 is 11.6 Å². The van der Waals surface area contributed by atoms with E-state index in [1.165, 1.54) is 0 Å². The monoisotopic (exact) mass is 275 g/mol. The Hall–Kier alpha value is -0.710. The highest BCUT2D eigenvalue weighted by atomic mass is 35.5. The summed E-state index contributed by atoms with van der Waals surface area (Å²) in [6.45, 7) is 1.81. The van der Waals surface area contributed by atoms with Gasteiger partial charge in [0, 0.05) is 10.6 Å². The zero-order valence-electron chi connectivity index (χ0n) is 10.1. The molecule has 0 spiro atoms. The lowest BCUT2D eigenvalue weighted by atomic mass is 9.87. The minimum atomic E-state index is -1.25. The summed E-state index contributed by atoms with van der Waals surface area (Å²) in [7, 11) is 0. The standard InChI is InChI=1S/C13H16ClF2NO/c1-13(17,7-2-3-7)6-11(18)12-9(15)4-8(14)5-10(12)16/h4-5,7,11,18H,2-3,6,17H2,1H3. The van der Waals surface area contributed by atoms with E-state index in [0.29, 0.717) is 5.92 Å². The van der Waals surface area contributed by atoms with Crippen LogP contribution in [-0.2, 0) is 0 Å². The van der Waals surface area contributed by atoms with Crippen molar-refractivity contribution in [1.29, 1.82) is 0 Å². The maximum atomic E-state index is 13.6. The van der Waals surface area contributed by atoms with Crippen molar-refractivity contribution in [3.05, 3.63) is 34.4 Å². The first-order chi connectivity index (χ1) is 8.31. The van der Waals surface area contributed by atoms with Crippen molar-refractivity contribution >= 4 is 11.6 Å². The van der Waals surface area contributed by atoms with Gasteiger partial charge in [0.15, 0.2) is 0 Å². The molecule has 0 heterocycles. The molecule has 100 valence electrons. The molecule has 1 aromatic rings. The molecule has 0 bridgehead atoms. The average Bonchev–Trinajstić information content (AvgIpc) is 2.96. The van der Waals surface area contributed by atoms with Crippen LogP contribution in [0.5, 0.6) is 0 Å². The van der Waals surface area contributed by atoms with Crippen LogP contribution in [0, 0.1) is 17.6 Å². The van der Waals surface area contributed by atoms with Crippen molar-refractivity contribution in [2.24, 2.45) is 11.7 Å². The first-order valence-electron chi connectivity index (χ1n) is 5.92. The van der Waals surface area contributed by atoms with E-state index in [0.717, 1.165) is 25.0 Å². The zero-order valence-corrected chi connectivity index (χ0v) is 10.8. The summed E-state index contributed by atoms with van der Waals surface area (Å²) >= 11 is 5.53. The topological polar surface area (TPSA) is 46.2 Å². The number of aliphatic hydroxyl groups excluding tert-OH is 1. The van der Waals surface area contributed by atoms with E-state index < -0.39 is 23.3 Å². The van der Waals surface area contributed by atoms with E-state index in [2.05, 4.69) is 0 Å². The van der Waals surface area contributed by atoms with E-state index in [-0.39, 0.29) is 17.0 Å². The van der Waals surface area contributed by atoms with Gasteiger partial charge in [-0.15, -0.1) is 0 Å². The Balaban J connectivity index is 2.20. The van der Waals surface area contributed by atoms with Gasteiger partial charge in [-0.3, -0.25) is 0 Å². The molecule has 0 saturated heterocycles. The van der Waals surface area contributed by atoms with Gasteiger partial charge in [0.25, 0.3) is 0 Å². The summed E-state index contributed by atoms with van der Waals surface area (Å²) in [6.07, 6.45) is 0.891. The predicted molar refractivity (Wildman–Crippen MR) is 66.3 cm³/mol. The zero-order chi connectivity index (χ0) is 13.5. The molecule has 1 aliphatic carbocycles. The van der Waals surface area contributed by atoms with E-state index in [1.54, 1.807) is 6.92 Å². The second-order valence-electron chi connectivity index (χ2n) is 5.28. The number of nitrogens with two attached hydrogens (primary N) is 1. The molecule has 0 amide bonds. The molecule has 0 aliphatic heterocycles. The Morgan fingerprint density at radius 2 is 1.94 bits per heavy atom. The molecule has 2 nitrogen and oxygen atoms in total. The first-order valence-corrected chi connectivity index (χ1v) is 6.30. The number of hydrogen-bond acceptors (Lipinski definition) is 2. The van der Waals surface area contributed by atoms with Crippen LogP contribution in [0.2, 0.25) is 5.02 Å². The molecule has 1 fully saturated rings. The second-order valence-corrected chi connectivity index (χ2v) is 5.72. The highest BCUT2D eigenvalue weighted by Crippen LogP contribution is 2.42. The van der Waals surface area contributed by atoms with Gasteiger partial charge in [-0.05, 0) is 44.2 Å². The van der Waals surface area contributed by atoms with E-state index in [9.17, 15) is 13.9 Å². The van der Waals surface area contributed by atoms with Crippen molar-refractivity contribution in [2.75, 3.05) is 0 Å². The molecule has 0 radical (unpaired) electrons. The molecule has 2 atom stereocenters. The number of benzene rings is 1. The normalized spacial score (nSPS) is 20.6. The third kappa shape index (κ3) is 2.82. The fourth-order valence-corrected chi connectivity index (χ4v) is 2.49. The molecule has 1 saturated carbocycles. The number of halogens is 3. The third-order valence-corrected chi connectivity index (χ3v) is 3.74. The van der Waals surface area contributed by atoms with Crippen LogP contribution in [0.15, 0.2) is 12.1 Å². The fourth-order valence-electron chi connectivity index (χ4n) is 2.30. The maximum absolute atomic E-state index is 13.6. The van der Waals surface area contributed by atoms with Gasteiger partial charge >= 0.3 is 0 Å². The molecule has 0 aromatic heterocycles. The summed E-state index contributed by atoms with van der Waals surface area (Å²) in [6, 6.07) is 1.99. The Morgan fingerprint density at radius 3 is 2.39 bits per heavy atom. The lowest BCUT2D eigenvalue weighted by Gasteiger charge is -2.27. The van der Waals surface area contributed by atoms with Crippen LogP contribution in [0.1, 0.15) is 37.9 Å². The van der Waals surface area contributed by atoms with Crippen molar-refractivity contribution in [3.8, 4) is 0 Å². The van der Waals surface area contributed by atoms with Crippen LogP contribution in [0.3, 0.4) is 0 Å².